The van der Waals surface area contributed by atoms with E-state index in [9.17, 15) is 14.4 Å². The summed E-state index contributed by atoms with van der Waals surface area (Å²) in [5.74, 6) is -0.623. The number of carbonyl (C=O) groups is 3. The molecule has 2 heterocycles. The second-order valence-electron chi connectivity index (χ2n) is 6.87. The minimum atomic E-state index is -0.728. The second kappa shape index (κ2) is 7.75. The molecule has 154 valence electrons. The Bertz CT molecular complexity index is 902. The Morgan fingerprint density at radius 2 is 1.66 bits per heavy atom. The second-order valence-corrected chi connectivity index (χ2v) is 6.87. The lowest BCUT2D eigenvalue weighted by molar-refractivity contribution is -0.140. The van der Waals surface area contributed by atoms with Crippen molar-refractivity contribution < 1.29 is 38.1 Å². The minimum absolute atomic E-state index is 0.0188. The first-order chi connectivity index (χ1) is 14.0. The smallest absolute Gasteiger partial charge is 0.355 e. The fourth-order valence-electron chi connectivity index (χ4n) is 3.40. The molecule has 1 aromatic rings. The van der Waals surface area contributed by atoms with Gasteiger partial charge in [0, 0.05) is 17.5 Å². The van der Waals surface area contributed by atoms with Gasteiger partial charge in [0.15, 0.2) is 17.3 Å². The van der Waals surface area contributed by atoms with Crippen LogP contribution >= 0.6 is 0 Å². The lowest BCUT2D eigenvalue weighted by Gasteiger charge is -2.33. The number of hydrogen-bond donors (Lipinski definition) is 0. The third-order valence-electron chi connectivity index (χ3n) is 5.00. The van der Waals surface area contributed by atoms with Gasteiger partial charge in [-0.3, -0.25) is 4.79 Å². The minimum Gasteiger partial charge on any atom is -0.486 e. The summed E-state index contributed by atoms with van der Waals surface area (Å²) in [5.41, 5.74) is 0.776. The van der Waals surface area contributed by atoms with E-state index in [0.29, 0.717) is 36.0 Å². The van der Waals surface area contributed by atoms with Crippen LogP contribution in [-0.4, -0.2) is 58.5 Å². The summed E-state index contributed by atoms with van der Waals surface area (Å²) in [6.45, 7) is 0.599. The Balaban J connectivity index is 1.88. The van der Waals surface area contributed by atoms with Crippen molar-refractivity contribution in [3.05, 3.63) is 29.0 Å². The zero-order valence-corrected chi connectivity index (χ0v) is 16.2. The molecule has 3 aliphatic rings. The number of nitrogens with zero attached hydrogens (tertiary/aromatic N) is 1. The van der Waals surface area contributed by atoms with E-state index in [-0.39, 0.29) is 36.3 Å². The normalized spacial score (nSPS) is 18.3. The molecule has 1 fully saturated rings. The molecule has 0 bridgehead atoms. The van der Waals surface area contributed by atoms with Crippen molar-refractivity contribution in [3.8, 4) is 11.5 Å². The Morgan fingerprint density at radius 1 is 1.00 bits per heavy atom. The highest BCUT2D eigenvalue weighted by atomic mass is 16.6. The van der Waals surface area contributed by atoms with E-state index >= 15 is 0 Å². The fourth-order valence-corrected chi connectivity index (χ4v) is 3.40. The SMILES string of the molecule is COC(=O)C1=C(C(=O)OC)N(c2cc3c(cc2C(=O)C2CC2)OCCO3)COC1. The van der Waals surface area contributed by atoms with Gasteiger partial charge in [0.05, 0.1) is 32.1 Å². The molecule has 1 aliphatic carbocycles. The van der Waals surface area contributed by atoms with Gasteiger partial charge in [-0.1, -0.05) is 0 Å². The first kappa shape index (κ1) is 19.3. The van der Waals surface area contributed by atoms with Gasteiger partial charge in [-0.25, -0.2) is 9.59 Å². The topological polar surface area (TPSA) is 101 Å². The van der Waals surface area contributed by atoms with E-state index in [1.54, 1.807) is 12.1 Å². The number of Topliss-reactive ketones (excluding diaryl/α,β-unsaturated/α-hetero) is 1. The van der Waals surface area contributed by atoms with Crippen LogP contribution in [0.25, 0.3) is 0 Å². The van der Waals surface area contributed by atoms with Gasteiger partial charge < -0.3 is 28.6 Å². The lowest BCUT2D eigenvalue weighted by Crippen LogP contribution is -2.39. The highest BCUT2D eigenvalue weighted by molar-refractivity contribution is 6.08. The Labute approximate surface area is 167 Å². The third-order valence-corrected chi connectivity index (χ3v) is 5.00. The van der Waals surface area contributed by atoms with Crippen LogP contribution in [0.5, 0.6) is 11.5 Å². The molecule has 1 aromatic carbocycles. The van der Waals surface area contributed by atoms with E-state index in [4.69, 9.17) is 23.7 Å². The van der Waals surface area contributed by atoms with Gasteiger partial charge in [-0.2, -0.15) is 0 Å². The van der Waals surface area contributed by atoms with E-state index in [1.165, 1.54) is 19.1 Å². The molecule has 9 nitrogen and oxygen atoms in total. The van der Waals surface area contributed by atoms with Crippen LogP contribution in [0.4, 0.5) is 5.69 Å². The molecule has 0 atom stereocenters. The molecule has 29 heavy (non-hydrogen) atoms. The van der Waals surface area contributed by atoms with Crippen molar-refractivity contribution in [2.24, 2.45) is 5.92 Å². The molecule has 0 radical (unpaired) electrons. The van der Waals surface area contributed by atoms with Crippen molar-refractivity contribution in [1.29, 1.82) is 0 Å². The summed E-state index contributed by atoms with van der Waals surface area (Å²) in [6.07, 6.45) is 1.63. The summed E-state index contributed by atoms with van der Waals surface area (Å²) in [7, 11) is 2.44. The molecule has 1 saturated carbocycles. The molecule has 0 saturated heterocycles. The molecule has 0 N–H and O–H groups in total. The molecular formula is C20H21NO8. The first-order valence-corrected chi connectivity index (χ1v) is 9.28. The average molecular weight is 403 g/mol. The largest absolute Gasteiger partial charge is 0.486 e. The fraction of sp³-hybridized carbons (Fsp3) is 0.450. The monoisotopic (exact) mass is 403 g/mol. The quantitative estimate of drug-likeness (QED) is 0.534. The van der Waals surface area contributed by atoms with Gasteiger partial charge in [0.2, 0.25) is 0 Å². The van der Waals surface area contributed by atoms with Crippen LogP contribution < -0.4 is 14.4 Å². The van der Waals surface area contributed by atoms with Crippen molar-refractivity contribution >= 4 is 23.4 Å². The van der Waals surface area contributed by atoms with Crippen molar-refractivity contribution in [3.63, 3.8) is 0 Å². The number of rotatable bonds is 5. The zero-order chi connectivity index (χ0) is 20.5. The van der Waals surface area contributed by atoms with Crippen LogP contribution in [0.1, 0.15) is 23.2 Å². The number of methoxy groups -OCH3 is 2. The van der Waals surface area contributed by atoms with Gasteiger partial charge in [-0.05, 0) is 18.9 Å². The van der Waals surface area contributed by atoms with Crippen molar-refractivity contribution in [2.45, 2.75) is 12.8 Å². The van der Waals surface area contributed by atoms with Gasteiger partial charge in [-0.15, -0.1) is 0 Å². The average Bonchev–Trinajstić information content (AvgIpc) is 3.61. The van der Waals surface area contributed by atoms with E-state index in [2.05, 4.69) is 0 Å². The Kier molecular flexibility index (Phi) is 5.14. The molecule has 0 aromatic heterocycles. The molecule has 4 rings (SSSR count). The highest BCUT2D eigenvalue weighted by Gasteiger charge is 2.38. The van der Waals surface area contributed by atoms with E-state index in [1.807, 2.05) is 0 Å². The van der Waals surface area contributed by atoms with E-state index < -0.39 is 11.9 Å². The molecule has 9 heteroatoms. The number of esters is 2. The van der Waals surface area contributed by atoms with Crippen LogP contribution in [0.3, 0.4) is 0 Å². The number of fused-ring (bicyclic) bond motifs is 1. The molecule has 0 amide bonds. The van der Waals surface area contributed by atoms with Crippen LogP contribution in [0.2, 0.25) is 0 Å². The molecular weight excluding hydrogens is 382 g/mol. The van der Waals surface area contributed by atoms with Gasteiger partial charge in [0.1, 0.15) is 25.6 Å². The van der Waals surface area contributed by atoms with Crippen molar-refractivity contribution in [1.82, 2.24) is 0 Å². The summed E-state index contributed by atoms with van der Waals surface area (Å²) in [4.78, 5) is 39.2. The van der Waals surface area contributed by atoms with Gasteiger partial charge >= 0.3 is 11.9 Å². The third kappa shape index (κ3) is 3.53. The predicted octanol–water partition coefficient (Wildman–Crippen LogP) is 1.44. The standard InChI is InChI=1S/C20H21NO8/c1-25-19(23)13-9-27-10-21(17(13)20(24)26-2)14-8-16-15(28-5-6-29-16)7-12(14)18(22)11-3-4-11/h7-8,11H,3-6,9-10H2,1-2H3. The lowest BCUT2D eigenvalue weighted by atomic mass is 10.0. The number of benzene rings is 1. The summed E-state index contributed by atoms with van der Waals surface area (Å²) >= 11 is 0. The Hall–Kier alpha value is -3.07. The number of carbonyl (C=O) groups excluding carboxylic acids is 3. The number of anilines is 1. The van der Waals surface area contributed by atoms with Crippen molar-refractivity contribution in [2.75, 3.05) is 45.7 Å². The summed E-state index contributed by atoms with van der Waals surface area (Å²) < 4.78 is 26.5. The molecule has 0 spiro atoms. The van der Waals surface area contributed by atoms with Crippen LogP contribution in [-0.2, 0) is 23.8 Å². The maximum absolute atomic E-state index is 13.0. The van der Waals surface area contributed by atoms with E-state index in [0.717, 1.165) is 12.8 Å². The zero-order valence-electron chi connectivity index (χ0n) is 16.2. The van der Waals surface area contributed by atoms with Gasteiger partial charge in [0.25, 0.3) is 0 Å². The maximum Gasteiger partial charge on any atom is 0.355 e. The number of ether oxygens (including phenoxy) is 5. The van der Waals surface area contributed by atoms with Crippen LogP contribution in [0.15, 0.2) is 23.4 Å². The summed E-state index contributed by atoms with van der Waals surface area (Å²) in [6, 6.07) is 3.27. The number of hydrogen-bond acceptors (Lipinski definition) is 9. The molecule has 0 unspecified atom stereocenters. The molecule has 2 aliphatic heterocycles. The summed E-state index contributed by atoms with van der Waals surface area (Å²) in [5, 5.41) is 0. The first-order valence-electron chi connectivity index (χ1n) is 9.28. The number of ketones is 1. The maximum atomic E-state index is 13.0. The highest BCUT2D eigenvalue weighted by Crippen LogP contribution is 2.43. The van der Waals surface area contributed by atoms with Crippen LogP contribution in [0, 0.1) is 5.92 Å². The predicted molar refractivity (Wildman–Crippen MR) is 98.8 cm³/mol. The Morgan fingerprint density at radius 3 is 2.28 bits per heavy atom.